The predicted molar refractivity (Wildman–Crippen MR) is 47.8 cm³/mol. The summed E-state index contributed by atoms with van der Waals surface area (Å²) in [6.45, 7) is 6.06. The Kier molecular flexibility index (Phi) is 2.76. The van der Waals surface area contributed by atoms with Gasteiger partial charge in [0, 0.05) is 0 Å². The van der Waals surface area contributed by atoms with Gasteiger partial charge in [-0.05, 0) is 32.6 Å². The van der Waals surface area contributed by atoms with Crippen molar-refractivity contribution < 1.29 is 9.53 Å². The minimum Gasteiger partial charge on any atom is -0.462 e. The molecule has 1 aliphatic rings. The first-order chi connectivity index (χ1) is 5.62. The standard InChI is InChI=1S/C10H18O2/c1-4-10(3,5-2)9(11)12-8-6-7-8/h8H,4-7H2,1-3H3. The van der Waals surface area contributed by atoms with Gasteiger partial charge in [-0.3, -0.25) is 4.79 Å². The molecule has 2 nitrogen and oxygen atoms in total. The van der Waals surface area contributed by atoms with Gasteiger partial charge in [0.05, 0.1) is 5.41 Å². The molecule has 1 saturated carbocycles. The van der Waals surface area contributed by atoms with Crippen LogP contribution < -0.4 is 0 Å². The summed E-state index contributed by atoms with van der Waals surface area (Å²) < 4.78 is 5.27. The molecular weight excluding hydrogens is 152 g/mol. The Bertz CT molecular complexity index is 167. The molecule has 0 atom stereocenters. The van der Waals surface area contributed by atoms with Crippen LogP contribution in [-0.4, -0.2) is 12.1 Å². The van der Waals surface area contributed by atoms with E-state index in [1.165, 1.54) is 0 Å². The van der Waals surface area contributed by atoms with Crippen molar-refractivity contribution in [1.82, 2.24) is 0 Å². The Balaban J connectivity index is 2.45. The minimum absolute atomic E-state index is 0.00463. The van der Waals surface area contributed by atoms with Crippen LogP contribution in [0.25, 0.3) is 0 Å². The van der Waals surface area contributed by atoms with Gasteiger partial charge in [-0.15, -0.1) is 0 Å². The summed E-state index contributed by atoms with van der Waals surface area (Å²) in [5.74, 6) is -0.00463. The SMILES string of the molecule is CCC(C)(CC)C(=O)OC1CC1. The smallest absolute Gasteiger partial charge is 0.312 e. The number of ether oxygens (including phenoxy) is 1. The lowest BCUT2D eigenvalue weighted by molar-refractivity contribution is -0.156. The van der Waals surface area contributed by atoms with Crippen LogP contribution in [0, 0.1) is 5.41 Å². The van der Waals surface area contributed by atoms with Crippen molar-refractivity contribution >= 4 is 5.97 Å². The molecular formula is C10H18O2. The van der Waals surface area contributed by atoms with Crippen molar-refractivity contribution in [3.8, 4) is 0 Å². The summed E-state index contributed by atoms with van der Waals surface area (Å²) in [6.07, 6.45) is 4.11. The third kappa shape index (κ3) is 1.99. The van der Waals surface area contributed by atoms with Crippen molar-refractivity contribution in [2.24, 2.45) is 5.41 Å². The summed E-state index contributed by atoms with van der Waals surface area (Å²) in [4.78, 5) is 11.6. The van der Waals surface area contributed by atoms with Crippen molar-refractivity contribution in [3.05, 3.63) is 0 Å². The normalized spacial score (nSPS) is 17.6. The Morgan fingerprint density at radius 2 is 1.92 bits per heavy atom. The third-order valence-electron chi connectivity index (χ3n) is 2.85. The molecule has 12 heavy (non-hydrogen) atoms. The van der Waals surface area contributed by atoms with Crippen molar-refractivity contribution in [2.45, 2.75) is 52.6 Å². The van der Waals surface area contributed by atoms with Gasteiger partial charge in [-0.25, -0.2) is 0 Å². The average molecular weight is 170 g/mol. The van der Waals surface area contributed by atoms with E-state index in [1.54, 1.807) is 0 Å². The van der Waals surface area contributed by atoms with Crippen LogP contribution >= 0.6 is 0 Å². The molecule has 0 saturated heterocycles. The van der Waals surface area contributed by atoms with Crippen LogP contribution in [-0.2, 0) is 9.53 Å². The van der Waals surface area contributed by atoms with Gasteiger partial charge in [-0.2, -0.15) is 0 Å². The molecule has 0 bridgehead atoms. The molecule has 0 amide bonds. The Hall–Kier alpha value is -0.530. The monoisotopic (exact) mass is 170 g/mol. The summed E-state index contributed by atoms with van der Waals surface area (Å²) in [6, 6.07) is 0. The van der Waals surface area contributed by atoms with E-state index in [1.807, 2.05) is 20.8 Å². The fraction of sp³-hybridized carbons (Fsp3) is 0.900. The van der Waals surface area contributed by atoms with Gasteiger partial charge >= 0.3 is 5.97 Å². The number of esters is 1. The van der Waals surface area contributed by atoms with Crippen LogP contribution in [0.1, 0.15) is 46.5 Å². The first-order valence-electron chi connectivity index (χ1n) is 4.83. The molecule has 0 aromatic rings. The van der Waals surface area contributed by atoms with Gasteiger partial charge in [-0.1, -0.05) is 13.8 Å². The highest BCUT2D eigenvalue weighted by Crippen LogP contribution is 2.32. The summed E-state index contributed by atoms with van der Waals surface area (Å²) in [5, 5.41) is 0. The average Bonchev–Trinajstić information content (AvgIpc) is 2.86. The molecule has 0 N–H and O–H groups in total. The van der Waals surface area contributed by atoms with E-state index in [0.29, 0.717) is 0 Å². The zero-order valence-electron chi connectivity index (χ0n) is 8.22. The van der Waals surface area contributed by atoms with Crippen molar-refractivity contribution in [2.75, 3.05) is 0 Å². The Morgan fingerprint density at radius 3 is 2.25 bits per heavy atom. The first-order valence-corrected chi connectivity index (χ1v) is 4.83. The second kappa shape index (κ2) is 3.46. The fourth-order valence-corrected chi connectivity index (χ4v) is 1.02. The zero-order valence-corrected chi connectivity index (χ0v) is 8.22. The molecule has 1 fully saturated rings. The lowest BCUT2D eigenvalue weighted by Crippen LogP contribution is -2.29. The number of carbonyl (C=O) groups is 1. The van der Waals surface area contributed by atoms with Crippen LogP contribution in [0.15, 0.2) is 0 Å². The first kappa shape index (κ1) is 9.56. The topological polar surface area (TPSA) is 26.3 Å². The second-order valence-electron chi connectivity index (χ2n) is 3.87. The maximum Gasteiger partial charge on any atom is 0.312 e. The van der Waals surface area contributed by atoms with Crippen molar-refractivity contribution in [1.29, 1.82) is 0 Å². The Morgan fingerprint density at radius 1 is 1.42 bits per heavy atom. The molecule has 1 aliphatic carbocycles. The molecule has 0 aliphatic heterocycles. The van der Waals surface area contributed by atoms with Crippen LogP contribution in [0.4, 0.5) is 0 Å². The molecule has 0 heterocycles. The summed E-state index contributed by atoms with van der Waals surface area (Å²) >= 11 is 0. The van der Waals surface area contributed by atoms with E-state index in [0.717, 1.165) is 25.7 Å². The molecule has 0 spiro atoms. The molecule has 0 radical (unpaired) electrons. The third-order valence-corrected chi connectivity index (χ3v) is 2.85. The molecule has 70 valence electrons. The maximum absolute atomic E-state index is 11.6. The van der Waals surface area contributed by atoms with Gasteiger partial charge in [0.25, 0.3) is 0 Å². The summed E-state index contributed by atoms with van der Waals surface area (Å²) in [5.41, 5.74) is -0.247. The molecule has 2 heteroatoms. The van der Waals surface area contributed by atoms with Gasteiger partial charge in [0.1, 0.15) is 6.10 Å². The number of hydrogen-bond donors (Lipinski definition) is 0. The van der Waals surface area contributed by atoms with Gasteiger partial charge in [0.2, 0.25) is 0 Å². The van der Waals surface area contributed by atoms with E-state index in [4.69, 9.17) is 4.74 Å². The van der Waals surface area contributed by atoms with Crippen LogP contribution in [0.2, 0.25) is 0 Å². The number of carbonyl (C=O) groups excluding carboxylic acids is 1. The quantitative estimate of drug-likeness (QED) is 0.606. The maximum atomic E-state index is 11.6. The molecule has 1 rings (SSSR count). The van der Waals surface area contributed by atoms with Gasteiger partial charge in [0.15, 0.2) is 0 Å². The minimum atomic E-state index is -0.247. The summed E-state index contributed by atoms with van der Waals surface area (Å²) in [7, 11) is 0. The molecule has 0 aromatic carbocycles. The fourth-order valence-electron chi connectivity index (χ4n) is 1.02. The van der Waals surface area contributed by atoms with E-state index in [9.17, 15) is 4.79 Å². The predicted octanol–water partition coefficient (Wildman–Crippen LogP) is 2.52. The Labute approximate surface area is 74.3 Å². The largest absolute Gasteiger partial charge is 0.462 e. The number of rotatable bonds is 4. The highest BCUT2D eigenvalue weighted by molar-refractivity contribution is 5.76. The molecule has 0 aromatic heterocycles. The lowest BCUT2D eigenvalue weighted by atomic mass is 9.85. The lowest BCUT2D eigenvalue weighted by Gasteiger charge is -2.23. The van der Waals surface area contributed by atoms with Crippen LogP contribution in [0.3, 0.4) is 0 Å². The molecule has 0 unspecified atom stereocenters. The van der Waals surface area contributed by atoms with Crippen molar-refractivity contribution in [3.63, 3.8) is 0 Å². The van der Waals surface area contributed by atoms with Crippen LogP contribution in [0.5, 0.6) is 0 Å². The highest BCUT2D eigenvalue weighted by atomic mass is 16.5. The van der Waals surface area contributed by atoms with E-state index in [-0.39, 0.29) is 17.5 Å². The highest BCUT2D eigenvalue weighted by Gasteiger charge is 2.35. The van der Waals surface area contributed by atoms with E-state index in [2.05, 4.69) is 0 Å². The van der Waals surface area contributed by atoms with Gasteiger partial charge < -0.3 is 4.74 Å². The second-order valence-corrected chi connectivity index (χ2v) is 3.87. The zero-order chi connectivity index (χ0) is 9.19. The number of hydrogen-bond acceptors (Lipinski definition) is 2. The van der Waals surface area contributed by atoms with E-state index >= 15 is 0 Å². The van der Waals surface area contributed by atoms with E-state index < -0.39 is 0 Å².